The number of rotatable bonds is 4. The molecule has 17 heavy (non-hydrogen) atoms. The highest BCUT2D eigenvalue weighted by Gasteiger charge is 2.17. The van der Waals surface area contributed by atoms with Crippen LogP contribution >= 0.6 is 0 Å². The molecule has 1 rings (SSSR count). The molecule has 0 fully saturated rings. The summed E-state index contributed by atoms with van der Waals surface area (Å²) in [6.45, 7) is 3.10. The van der Waals surface area contributed by atoms with Crippen molar-refractivity contribution in [1.82, 2.24) is 5.32 Å². The van der Waals surface area contributed by atoms with Crippen LogP contribution in [0.1, 0.15) is 25.5 Å². The van der Waals surface area contributed by atoms with E-state index >= 15 is 0 Å². The minimum atomic E-state index is -0.789. The van der Waals surface area contributed by atoms with Crippen LogP contribution in [0.4, 0.5) is 4.39 Å². The van der Waals surface area contributed by atoms with Crippen molar-refractivity contribution in [2.45, 2.75) is 26.1 Å². The number of hydrogen-bond acceptors (Lipinski definition) is 3. The monoisotopic (exact) mass is 241 g/mol. The van der Waals surface area contributed by atoms with Crippen molar-refractivity contribution in [2.24, 2.45) is 0 Å². The summed E-state index contributed by atoms with van der Waals surface area (Å²) in [4.78, 5) is 11.3. The van der Waals surface area contributed by atoms with E-state index < -0.39 is 18.0 Å². The summed E-state index contributed by atoms with van der Waals surface area (Å²) in [6.07, 6.45) is -1.54. The van der Waals surface area contributed by atoms with Crippen LogP contribution in [0.15, 0.2) is 18.2 Å². The van der Waals surface area contributed by atoms with Crippen LogP contribution in [-0.2, 0) is 4.79 Å². The van der Waals surface area contributed by atoms with Crippen LogP contribution in [0.5, 0.6) is 5.75 Å². The Hall–Kier alpha value is -1.62. The van der Waals surface area contributed by atoms with Gasteiger partial charge in [-0.05, 0) is 26.0 Å². The predicted octanol–water partition coefficient (Wildman–Crippen LogP) is 1.39. The van der Waals surface area contributed by atoms with E-state index in [1.165, 1.54) is 19.2 Å². The van der Waals surface area contributed by atoms with Crippen molar-refractivity contribution in [3.8, 4) is 5.75 Å². The van der Waals surface area contributed by atoms with Gasteiger partial charge < -0.3 is 15.2 Å². The first-order valence-corrected chi connectivity index (χ1v) is 5.31. The maximum atomic E-state index is 13.1. The molecule has 1 aromatic carbocycles. The summed E-state index contributed by atoms with van der Waals surface area (Å²) in [5.41, 5.74) is 0.446. The Balaban J connectivity index is 2.96. The Bertz CT molecular complexity index is 407. The molecule has 94 valence electrons. The lowest BCUT2D eigenvalue weighted by molar-refractivity contribution is -0.126. The largest absolute Gasteiger partial charge is 0.480 e. The third-order valence-electron chi connectivity index (χ3n) is 2.35. The molecule has 4 nitrogen and oxygen atoms in total. The molecule has 1 amide bonds. The molecule has 2 atom stereocenters. The van der Waals surface area contributed by atoms with Crippen molar-refractivity contribution in [1.29, 1.82) is 0 Å². The fraction of sp³-hybridized carbons (Fsp3) is 0.417. The lowest BCUT2D eigenvalue weighted by atomic mass is 10.1. The third-order valence-corrected chi connectivity index (χ3v) is 2.35. The average Bonchev–Trinajstić information content (AvgIpc) is 2.27. The van der Waals surface area contributed by atoms with Crippen molar-refractivity contribution in [3.05, 3.63) is 29.6 Å². The van der Waals surface area contributed by atoms with Crippen LogP contribution in [0.2, 0.25) is 0 Å². The molecule has 0 aromatic heterocycles. The minimum Gasteiger partial charge on any atom is -0.480 e. The second-order valence-corrected chi connectivity index (χ2v) is 3.73. The van der Waals surface area contributed by atoms with E-state index in [2.05, 4.69) is 5.32 Å². The van der Waals surface area contributed by atoms with Crippen molar-refractivity contribution < 1.29 is 19.0 Å². The van der Waals surface area contributed by atoms with Gasteiger partial charge in [0, 0.05) is 18.7 Å². The van der Waals surface area contributed by atoms with Gasteiger partial charge in [-0.1, -0.05) is 0 Å². The second kappa shape index (κ2) is 5.63. The van der Waals surface area contributed by atoms with E-state index in [9.17, 15) is 14.3 Å². The number of likely N-dealkylation sites (N-methyl/N-ethyl adjacent to an activating group) is 1. The maximum Gasteiger partial charge on any atom is 0.260 e. The molecule has 0 aliphatic heterocycles. The van der Waals surface area contributed by atoms with Gasteiger partial charge in [-0.2, -0.15) is 0 Å². The second-order valence-electron chi connectivity index (χ2n) is 3.73. The molecule has 0 spiro atoms. The van der Waals surface area contributed by atoms with Gasteiger partial charge in [-0.15, -0.1) is 0 Å². The highest BCUT2D eigenvalue weighted by molar-refractivity contribution is 5.80. The molecule has 2 unspecified atom stereocenters. The first-order valence-electron chi connectivity index (χ1n) is 5.31. The van der Waals surface area contributed by atoms with Gasteiger partial charge in [0.15, 0.2) is 6.10 Å². The van der Waals surface area contributed by atoms with Crippen molar-refractivity contribution >= 4 is 5.91 Å². The molecule has 0 aliphatic carbocycles. The fourth-order valence-corrected chi connectivity index (χ4v) is 1.40. The lowest BCUT2D eigenvalue weighted by Gasteiger charge is -2.17. The molecule has 0 heterocycles. The van der Waals surface area contributed by atoms with Gasteiger partial charge in [0.2, 0.25) is 0 Å². The summed E-state index contributed by atoms with van der Waals surface area (Å²) >= 11 is 0. The van der Waals surface area contributed by atoms with Crippen molar-refractivity contribution in [3.63, 3.8) is 0 Å². The van der Waals surface area contributed by atoms with E-state index in [4.69, 9.17) is 4.74 Å². The standard InChI is InChI=1S/C12H16FNO3/c1-7(15)10-5-4-9(13)6-11(10)17-8(2)12(16)14-3/h4-8,15H,1-3H3,(H,14,16). The molecule has 0 saturated heterocycles. The Morgan fingerprint density at radius 1 is 1.47 bits per heavy atom. The number of ether oxygens (including phenoxy) is 1. The zero-order chi connectivity index (χ0) is 13.0. The van der Waals surface area contributed by atoms with Gasteiger partial charge in [0.1, 0.15) is 11.6 Å². The summed E-state index contributed by atoms with van der Waals surface area (Å²) < 4.78 is 18.4. The molecule has 0 saturated carbocycles. The first kappa shape index (κ1) is 13.4. The molecule has 0 radical (unpaired) electrons. The molecule has 0 aliphatic rings. The zero-order valence-electron chi connectivity index (χ0n) is 10.0. The summed E-state index contributed by atoms with van der Waals surface area (Å²) in [5, 5.41) is 11.9. The number of carbonyl (C=O) groups excluding carboxylic acids is 1. The molecular weight excluding hydrogens is 225 g/mol. The summed E-state index contributed by atoms with van der Waals surface area (Å²) in [7, 11) is 1.49. The topological polar surface area (TPSA) is 58.6 Å². The summed E-state index contributed by atoms with van der Waals surface area (Å²) in [5.74, 6) is -0.615. The number of halogens is 1. The maximum absolute atomic E-state index is 13.1. The molecule has 2 N–H and O–H groups in total. The van der Waals surface area contributed by atoms with Gasteiger partial charge >= 0.3 is 0 Å². The predicted molar refractivity (Wildman–Crippen MR) is 61.2 cm³/mol. The first-order chi connectivity index (χ1) is 7.95. The molecule has 0 bridgehead atoms. The Kier molecular flexibility index (Phi) is 4.45. The average molecular weight is 241 g/mol. The Morgan fingerprint density at radius 2 is 2.12 bits per heavy atom. The van der Waals surface area contributed by atoms with Crippen LogP contribution < -0.4 is 10.1 Å². The van der Waals surface area contributed by atoms with E-state index in [0.29, 0.717) is 5.56 Å². The van der Waals surface area contributed by atoms with Gasteiger partial charge in [0.05, 0.1) is 6.10 Å². The van der Waals surface area contributed by atoms with Gasteiger partial charge in [0.25, 0.3) is 5.91 Å². The number of benzene rings is 1. The van der Waals surface area contributed by atoms with Crippen LogP contribution in [-0.4, -0.2) is 24.2 Å². The SMILES string of the molecule is CNC(=O)C(C)Oc1cc(F)ccc1C(C)O. The number of aliphatic hydroxyl groups excluding tert-OH is 1. The number of nitrogens with one attached hydrogen (secondary N) is 1. The minimum absolute atomic E-state index is 0.177. The lowest BCUT2D eigenvalue weighted by Crippen LogP contribution is -2.34. The number of carbonyl (C=O) groups is 1. The van der Waals surface area contributed by atoms with E-state index in [-0.39, 0.29) is 11.7 Å². The Labute approximate surface area is 99.4 Å². The molecule has 1 aromatic rings. The smallest absolute Gasteiger partial charge is 0.260 e. The summed E-state index contributed by atoms with van der Waals surface area (Å²) in [6, 6.07) is 3.83. The number of amides is 1. The fourth-order valence-electron chi connectivity index (χ4n) is 1.40. The van der Waals surface area contributed by atoms with Gasteiger partial charge in [-0.25, -0.2) is 4.39 Å². The van der Waals surface area contributed by atoms with E-state index in [1.807, 2.05) is 0 Å². The normalized spacial score (nSPS) is 13.9. The van der Waals surface area contributed by atoms with E-state index in [1.54, 1.807) is 13.8 Å². The van der Waals surface area contributed by atoms with Crippen LogP contribution in [0, 0.1) is 5.82 Å². The number of hydrogen-bond donors (Lipinski definition) is 2. The highest BCUT2D eigenvalue weighted by atomic mass is 19.1. The highest BCUT2D eigenvalue weighted by Crippen LogP contribution is 2.26. The van der Waals surface area contributed by atoms with Crippen molar-refractivity contribution in [2.75, 3.05) is 7.05 Å². The van der Waals surface area contributed by atoms with Crippen LogP contribution in [0.3, 0.4) is 0 Å². The Morgan fingerprint density at radius 3 is 2.65 bits per heavy atom. The zero-order valence-corrected chi connectivity index (χ0v) is 10.0. The molecular formula is C12H16FNO3. The number of aliphatic hydroxyl groups is 1. The van der Waals surface area contributed by atoms with Gasteiger partial charge in [-0.3, -0.25) is 4.79 Å². The van der Waals surface area contributed by atoms with Crippen LogP contribution in [0.25, 0.3) is 0 Å². The third kappa shape index (κ3) is 3.42. The van der Waals surface area contributed by atoms with E-state index in [0.717, 1.165) is 6.07 Å². The quantitative estimate of drug-likeness (QED) is 0.837. The molecule has 5 heteroatoms.